The molecule has 0 aliphatic carbocycles. The lowest BCUT2D eigenvalue weighted by Gasteiger charge is -2.11. The number of nitrogens with zero attached hydrogens (tertiary/aromatic N) is 2. The van der Waals surface area contributed by atoms with Crippen LogP contribution in [0.1, 0.15) is 5.56 Å². The molecule has 27 heavy (non-hydrogen) atoms. The van der Waals surface area contributed by atoms with E-state index in [4.69, 9.17) is 0 Å². The Balaban J connectivity index is 1.75. The fourth-order valence-corrected chi connectivity index (χ4v) is 3.64. The predicted molar refractivity (Wildman–Crippen MR) is 107 cm³/mol. The lowest BCUT2D eigenvalue weighted by Crippen LogP contribution is -2.31. The van der Waals surface area contributed by atoms with Gasteiger partial charge in [-0.3, -0.25) is 4.99 Å². The van der Waals surface area contributed by atoms with Crippen molar-refractivity contribution in [3.63, 3.8) is 0 Å². The fraction of sp³-hybridized carbons (Fsp3) is 0.211. The van der Waals surface area contributed by atoms with Crippen LogP contribution in [0.5, 0.6) is 5.88 Å². The summed E-state index contributed by atoms with van der Waals surface area (Å²) in [6, 6.07) is 13.8. The first-order chi connectivity index (χ1) is 12.9. The van der Waals surface area contributed by atoms with Gasteiger partial charge in [0.15, 0.2) is 5.88 Å². The SMILES string of the molecule is CN(C)CCNS(=O)(=O)c1ccc(N=Cc2c(O)[nH]c3ccccc23)cc1. The van der Waals surface area contributed by atoms with Crippen LogP contribution in [0.15, 0.2) is 58.4 Å². The normalized spacial score (nSPS) is 12.4. The van der Waals surface area contributed by atoms with Gasteiger partial charge in [0.2, 0.25) is 10.0 Å². The van der Waals surface area contributed by atoms with E-state index in [1.165, 1.54) is 12.1 Å². The van der Waals surface area contributed by atoms with Gasteiger partial charge in [-0.25, -0.2) is 13.1 Å². The van der Waals surface area contributed by atoms with Gasteiger partial charge in [-0.1, -0.05) is 18.2 Å². The lowest BCUT2D eigenvalue weighted by atomic mass is 10.2. The van der Waals surface area contributed by atoms with Crippen molar-refractivity contribution >= 4 is 32.8 Å². The summed E-state index contributed by atoms with van der Waals surface area (Å²) in [4.78, 5) is 9.33. The van der Waals surface area contributed by atoms with E-state index in [0.717, 1.165) is 10.9 Å². The standard InChI is InChI=1S/C19H22N4O3S/c1-23(2)12-11-21-27(25,26)15-9-7-14(8-10-15)20-13-17-16-5-3-4-6-18(16)22-19(17)24/h3-10,13,21-22,24H,11-12H2,1-2H3. The number of sulfonamides is 1. The van der Waals surface area contributed by atoms with Crippen LogP contribution in [-0.2, 0) is 10.0 Å². The van der Waals surface area contributed by atoms with Gasteiger partial charge in [-0.2, -0.15) is 0 Å². The number of hydrogen-bond donors (Lipinski definition) is 3. The van der Waals surface area contributed by atoms with Gasteiger partial charge in [-0.15, -0.1) is 0 Å². The molecule has 0 unspecified atom stereocenters. The first-order valence-corrected chi connectivity index (χ1v) is 9.93. The van der Waals surface area contributed by atoms with E-state index in [2.05, 4.69) is 14.7 Å². The van der Waals surface area contributed by atoms with Crippen molar-refractivity contribution in [2.24, 2.45) is 4.99 Å². The smallest absolute Gasteiger partial charge is 0.240 e. The van der Waals surface area contributed by atoms with Gasteiger partial charge in [0.05, 0.1) is 16.1 Å². The number of aliphatic imine (C=N–C) groups is 1. The number of aromatic hydroxyl groups is 1. The minimum atomic E-state index is -3.54. The summed E-state index contributed by atoms with van der Waals surface area (Å²) in [5.74, 6) is 0.0456. The maximum absolute atomic E-state index is 12.3. The number of H-pyrrole nitrogens is 1. The van der Waals surface area contributed by atoms with Crippen LogP contribution in [0.25, 0.3) is 10.9 Å². The van der Waals surface area contributed by atoms with Gasteiger partial charge in [-0.05, 0) is 44.4 Å². The topological polar surface area (TPSA) is 97.8 Å². The van der Waals surface area contributed by atoms with Gasteiger partial charge in [0.25, 0.3) is 0 Å². The first kappa shape index (κ1) is 19.1. The highest BCUT2D eigenvalue weighted by Crippen LogP contribution is 2.26. The summed E-state index contributed by atoms with van der Waals surface area (Å²) in [7, 11) is 0.223. The molecule has 3 N–H and O–H groups in total. The molecule has 142 valence electrons. The third kappa shape index (κ3) is 4.54. The van der Waals surface area contributed by atoms with E-state index in [9.17, 15) is 13.5 Å². The van der Waals surface area contributed by atoms with Gasteiger partial charge >= 0.3 is 0 Å². The van der Waals surface area contributed by atoms with Crippen LogP contribution in [0.4, 0.5) is 5.69 Å². The molecule has 3 aromatic rings. The number of rotatable bonds is 7. The van der Waals surface area contributed by atoms with Crippen molar-refractivity contribution in [3.05, 3.63) is 54.1 Å². The molecule has 1 heterocycles. The zero-order chi connectivity index (χ0) is 19.4. The van der Waals surface area contributed by atoms with Crippen molar-refractivity contribution in [2.75, 3.05) is 27.2 Å². The third-order valence-corrected chi connectivity index (χ3v) is 5.54. The summed E-state index contributed by atoms with van der Waals surface area (Å²) in [5.41, 5.74) is 2.00. The predicted octanol–water partition coefficient (Wildman–Crippen LogP) is 2.46. The molecule has 3 rings (SSSR count). The number of nitrogens with one attached hydrogen (secondary N) is 2. The summed E-state index contributed by atoms with van der Waals surface area (Å²) < 4.78 is 27.1. The van der Waals surface area contributed by atoms with Crippen LogP contribution < -0.4 is 4.72 Å². The molecule has 2 aromatic carbocycles. The third-order valence-electron chi connectivity index (χ3n) is 4.07. The van der Waals surface area contributed by atoms with Crippen molar-refractivity contribution in [2.45, 2.75) is 4.90 Å². The molecule has 7 nitrogen and oxygen atoms in total. The van der Waals surface area contributed by atoms with Crippen LogP contribution >= 0.6 is 0 Å². The second kappa shape index (κ2) is 7.91. The van der Waals surface area contributed by atoms with Crippen LogP contribution in [0.2, 0.25) is 0 Å². The van der Waals surface area contributed by atoms with E-state index < -0.39 is 10.0 Å². The van der Waals surface area contributed by atoms with E-state index in [-0.39, 0.29) is 10.8 Å². The average Bonchev–Trinajstić information content (AvgIpc) is 2.95. The highest BCUT2D eigenvalue weighted by atomic mass is 32.2. The first-order valence-electron chi connectivity index (χ1n) is 8.45. The molecule has 0 saturated heterocycles. The van der Waals surface area contributed by atoms with Crippen molar-refractivity contribution in [1.29, 1.82) is 0 Å². The Bertz CT molecular complexity index is 1050. The average molecular weight is 386 g/mol. The number of aromatic nitrogens is 1. The lowest BCUT2D eigenvalue weighted by molar-refractivity contribution is 0.412. The van der Waals surface area contributed by atoms with E-state index in [0.29, 0.717) is 24.3 Å². The second-order valence-corrected chi connectivity index (χ2v) is 8.15. The summed E-state index contributed by atoms with van der Waals surface area (Å²) in [6.45, 7) is 0.963. The highest BCUT2D eigenvalue weighted by Gasteiger charge is 2.13. The maximum atomic E-state index is 12.3. The van der Waals surface area contributed by atoms with Crippen LogP contribution in [-0.4, -0.2) is 56.8 Å². The fourth-order valence-electron chi connectivity index (χ4n) is 2.62. The van der Waals surface area contributed by atoms with Gasteiger partial charge in [0, 0.05) is 30.2 Å². The summed E-state index contributed by atoms with van der Waals surface area (Å²) in [6.07, 6.45) is 1.56. The molecule has 0 bridgehead atoms. The van der Waals surface area contributed by atoms with Gasteiger partial charge in [0.1, 0.15) is 0 Å². The molecule has 0 atom stereocenters. The molecule has 8 heteroatoms. The van der Waals surface area contributed by atoms with E-state index in [1.54, 1.807) is 18.3 Å². The number of hydrogen-bond acceptors (Lipinski definition) is 5. The Morgan fingerprint density at radius 3 is 2.56 bits per heavy atom. The summed E-state index contributed by atoms with van der Waals surface area (Å²) in [5, 5.41) is 10.9. The summed E-state index contributed by atoms with van der Waals surface area (Å²) >= 11 is 0. The number of aromatic amines is 1. The molecule has 0 amide bonds. The van der Waals surface area contributed by atoms with Crippen LogP contribution in [0, 0.1) is 0 Å². The van der Waals surface area contributed by atoms with E-state index >= 15 is 0 Å². The van der Waals surface area contributed by atoms with Crippen molar-refractivity contribution in [1.82, 2.24) is 14.6 Å². The minimum absolute atomic E-state index is 0.0456. The molecule has 0 aliphatic rings. The highest BCUT2D eigenvalue weighted by molar-refractivity contribution is 7.89. The molecule has 0 spiro atoms. The van der Waals surface area contributed by atoms with Gasteiger partial charge < -0.3 is 15.0 Å². The number of likely N-dealkylation sites (N-methyl/N-ethyl adjacent to an activating group) is 1. The largest absolute Gasteiger partial charge is 0.494 e. The van der Waals surface area contributed by atoms with Crippen LogP contribution in [0.3, 0.4) is 0 Å². The maximum Gasteiger partial charge on any atom is 0.240 e. The number of para-hydroxylation sites is 1. The zero-order valence-electron chi connectivity index (χ0n) is 15.2. The molecule has 0 saturated carbocycles. The Morgan fingerprint density at radius 1 is 1.15 bits per heavy atom. The molecule has 0 aliphatic heterocycles. The Hall–Kier alpha value is -2.68. The van der Waals surface area contributed by atoms with E-state index in [1.807, 2.05) is 43.3 Å². The number of benzene rings is 2. The Labute approximate surface area is 158 Å². The number of fused-ring (bicyclic) bond motifs is 1. The van der Waals surface area contributed by atoms with Crippen molar-refractivity contribution < 1.29 is 13.5 Å². The Morgan fingerprint density at radius 2 is 1.85 bits per heavy atom. The molecular formula is C19H22N4O3S. The monoisotopic (exact) mass is 386 g/mol. The molecule has 1 aromatic heterocycles. The zero-order valence-corrected chi connectivity index (χ0v) is 16.0. The Kier molecular flexibility index (Phi) is 5.59. The quantitative estimate of drug-likeness (QED) is 0.543. The molecular weight excluding hydrogens is 364 g/mol. The van der Waals surface area contributed by atoms with Crippen molar-refractivity contribution in [3.8, 4) is 5.88 Å². The minimum Gasteiger partial charge on any atom is -0.494 e. The second-order valence-electron chi connectivity index (χ2n) is 6.39. The molecule has 0 fully saturated rings. The molecule has 0 radical (unpaired) electrons.